The molecule has 20 heavy (non-hydrogen) atoms. The molecule has 7 heteroatoms. The summed E-state index contributed by atoms with van der Waals surface area (Å²) in [7, 11) is 0. The smallest absolute Gasteiger partial charge is 0.234 e. The first kappa shape index (κ1) is 15.0. The van der Waals surface area contributed by atoms with Crippen molar-refractivity contribution in [2.75, 3.05) is 16.8 Å². The van der Waals surface area contributed by atoms with Gasteiger partial charge >= 0.3 is 0 Å². The van der Waals surface area contributed by atoms with E-state index in [9.17, 15) is 4.79 Å². The quantitative estimate of drug-likeness (QED) is 0.840. The number of amides is 1. The number of thioether (sulfide) groups is 1. The van der Waals surface area contributed by atoms with E-state index >= 15 is 0 Å². The third kappa shape index (κ3) is 4.03. The first-order valence-electron chi connectivity index (χ1n) is 5.64. The van der Waals surface area contributed by atoms with Crippen molar-refractivity contribution in [1.82, 2.24) is 4.98 Å². The molecule has 0 spiro atoms. The molecule has 1 amide bonds. The second kappa shape index (κ2) is 6.83. The summed E-state index contributed by atoms with van der Waals surface area (Å²) in [6, 6.07) is 8.58. The lowest BCUT2D eigenvalue weighted by molar-refractivity contribution is -0.113. The summed E-state index contributed by atoms with van der Waals surface area (Å²) in [5, 5.41) is 3.45. The zero-order valence-corrected chi connectivity index (χ0v) is 12.6. The lowest BCUT2D eigenvalue weighted by Crippen LogP contribution is -2.14. The molecule has 0 bridgehead atoms. The average Bonchev–Trinajstić information content (AvgIpc) is 2.43. The van der Waals surface area contributed by atoms with Crippen LogP contribution in [0.25, 0.3) is 0 Å². The van der Waals surface area contributed by atoms with Crippen molar-refractivity contribution in [3.8, 4) is 0 Å². The Labute approximate surface area is 130 Å². The van der Waals surface area contributed by atoms with Gasteiger partial charge in [-0.1, -0.05) is 29.3 Å². The summed E-state index contributed by atoms with van der Waals surface area (Å²) in [5.74, 6) is 0.523. The van der Waals surface area contributed by atoms with Gasteiger partial charge in [0.25, 0.3) is 0 Å². The van der Waals surface area contributed by atoms with Crippen LogP contribution in [0.15, 0.2) is 41.4 Å². The van der Waals surface area contributed by atoms with Gasteiger partial charge in [-0.2, -0.15) is 0 Å². The first-order chi connectivity index (χ1) is 9.56. The van der Waals surface area contributed by atoms with E-state index in [1.807, 2.05) is 6.07 Å². The van der Waals surface area contributed by atoms with Crippen LogP contribution in [0, 0.1) is 0 Å². The molecule has 1 heterocycles. The molecule has 2 rings (SSSR count). The number of pyridine rings is 1. The Morgan fingerprint density at radius 2 is 2.10 bits per heavy atom. The minimum atomic E-state index is -0.170. The summed E-state index contributed by atoms with van der Waals surface area (Å²) in [5.41, 5.74) is 5.99. The molecule has 0 saturated heterocycles. The minimum Gasteiger partial charge on any atom is -0.384 e. The molecule has 0 radical (unpaired) electrons. The van der Waals surface area contributed by atoms with Gasteiger partial charge in [0.1, 0.15) is 5.82 Å². The van der Waals surface area contributed by atoms with E-state index in [2.05, 4.69) is 10.3 Å². The lowest BCUT2D eigenvalue weighted by Gasteiger charge is -2.08. The Balaban J connectivity index is 1.92. The molecule has 104 valence electrons. The number of hydrogen-bond donors (Lipinski definition) is 2. The number of rotatable bonds is 4. The largest absolute Gasteiger partial charge is 0.384 e. The Hall–Kier alpha value is -1.43. The molecule has 0 saturated carbocycles. The SMILES string of the molecule is Nc1ccc(SCC(=O)Nc2cccc(Cl)c2Cl)cn1. The highest BCUT2D eigenvalue weighted by Crippen LogP contribution is 2.29. The molecule has 3 N–H and O–H groups in total. The monoisotopic (exact) mass is 327 g/mol. The number of halogens is 2. The number of nitrogen functional groups attached to an aromatic ring is 1. The fourth-order valence-electron chi connectivity index (χ4n) is 1.41. The second-order valence-electron chi connectivity index (χ2n) is 3.86. The highest BCUT2D eigenvalue weighted by Gasteiger charge is 2.08. The Morgan fingerprint density at radius 1 is 1.30 bits per heavy atom. The van der Waals surface area contributed by atoms with E-state index < -0.39 is 0 Å². The van der Waals surface area contributed by atoms with Crippen molar-refractivity contribution in [3.05, 3.63) is 46.6 Å². The normalized spacial score (nSPS) is 10.3. The van der Waals surface area contributed by atoms with E-state index in [1.54, 1.807) is 30.5 Å². The molecule has 0 aliphatic heterocycles. The van der Waals surface area contributed by atoms with Crippen molar-refractivity contribution in [2.45, 2.75) is 4.90 Å². The van der Waals surface area contributed by atoms with Gasteiger partial charge in [0.05, 0.1) is 21.5 Å². The number of hydrogen-bond acceptors (Lipinski definition) is 4. The summed E-state index contributed by atoms with van der Waals surface area (Å²) >= 11 is 13.2. The predicted octanol–water partition coefficient (Wildman–Crippen LogP) is 3.70. The van der Waals surface area contributed by atoms with Gasteiger partial charge in [0, 0.05) is 11.1 Å². The van der Waals surface area contributed by atoms with Crippen LogP contribution in [-0.2, 0) is 4.79 Å². The maximum atomic E-state index is 11.8. The van der Waals surface area contributed by atoms with Crippen LogP contribution in [0.5, 0.6) is 0 Å². The minimum absolute atomic E-state index is 0.170. The third-order valence-electron chi connectivity index (χ3n) is 2.35. The zero-order valence-electron chi connectivity index (χ0n) is 10.3. The van der Waals surface area contributed by atoms with Crippen molar-refractivity contribution < 1.29 is 4.79 Å². The maximum absolute atomic E-state index is 11.8. The molecule has 0 atom stereocenters. The Bertz CT molecular complexity index is 620. The number of benzene rings is 1. The molecular formula is C13H11Cl2N3OS. The topological polar surface area (TPSA) is 68.0 Å². The lowest BCUT2D eigenvalue weighted by atomic mass is 10.3. The van der Waals surface area contributed by atoms with Gasteiger partial charge in [0.2, 0.25) is 5.91 Å². The summed E-state index contributed by atoms with van der Waals surface area (Å²) in [4.78, 5) is 16.7. The van der Waals surface area contributed by atoms with Gasteiger partial charge in [-0.05, 0) is 24.3 Å². The van der Waals surface area contributed by atoms with Crippen molar-refractivity contribution in [1.29, 1.82) is 0 Å². The average molecular weight is 328 g/mol. The third-order valence-corrected chi connectivity index (χ3v) is 4.16. The van der Waals surface area contributed by atoms with E-state index in [-0.39, 0.29) is 11.7 Å². The zero-order chi connectivity index (χ0) is 14.5. The highest BCUT2D eigenvalue weighted by molar-refractivity contribution is 8.00. The fraction of sp³-hybridized carbons (Fsp3) is 0.0769. The van der Waals surface area contributed by atoms with E-state index in [0.717, 1.165) is 4.90 Å². The predicted molar refractivity (Wildman–Crippen MR) is 84.5 cm³/mol. The van der Waals surface area contributed by atoms with Crippen LogP contribution in [0.2, 0.25) is 10.0 Å². The number of nitrogens with zero attached hydrogens (tertiary/aromatic N) is 1. The van der Waals surface area contributed by atoms with Gasteiger partial charge < -0.3 is 11.1 Å². The van der Waals surface area contributed by atoms with Crippen molar-refractivity contribution in [2.24, 2.45) is 0 Å². The van der Waals surface area contributed by atoms with Crippen molar-refractivity contribution in [3.63, 3.8) is 0 Å². The second-order valence-corrected chi connectivity index (χ2v) is 5.69. The standard InChI is InChI=1S/C13H11Cl2N3OS/c14-9-2-1-3-10(13(9)15)18-12(19)7-20-8-4-5-11(16)17-6-8/h1-6H,7H2,(H2,16,17)(H,18,19). The van der Waals surface area contributed by atoms with Crippen LogP contribution in [0.3, 0.4) is 0 Å². The number of carbonyl (C=O) groups excluding carboxylic acids is 1. The van der Waals surface area contributed by atoms with Crippen molar-refractivity contribution >= 4 is 52.4 Å². The first-order valence-corrected chi connectivity index (χ1v) is 7.38. The van der Waals surface area contributed by atoms with E-state index in [1.165, 1.54) is 11.8 Å². The van der Waals surface area contributed by atoms with Crippen LogP contribution in [0.4, 0.5) is 11.5 Å². The summed E-state index contributed by atoms with van der Waals surface area (Å²) in [6.07, 6.45) is 1.62. The Kier molecular flexibility index (Phi) is 5.11. The Morgan fingerprint density at radius 3 is 2.80 bits per heavy atom. The number of nitrogens with one attached hydrogen (secondary N) is 1. The molecule has 2 aromatic rings. The maximum Gasteiger partial charge on any atom is 0.234 e. The molecule has 4 nitrogen and oxygen atoms in total. The number of nitrogens with two attached hydrogens (primary N) is 1. The molecular weight excluding hydrogens is 317 g/mol. The molecule has 1 aromatic heterocycles. The molecule has 0 fully saturated rings. The highest BCUT2D eigenvalue weighted by atomic mass is 35.5. The van der Waals surface area contributed by atoms with Gasteiger partial charge in [-0.25, -0.2) is 4.98 Å². The van der Waals surface area contributed by atoms with E-state index in [0.29, 0.717) is 21.6 Å². The molecule has 0 unspecified atom stereocenters. The molecule has 0 aliphatic carbocycles. The van der Waals surface area contributed by atoms with Gasteiger partial charge in [0.15, 0.2) is 0 Å². The molecule has 0 aliphatic rings. The van der Waals surface area contributed by atoms with Gasteiger partial charge in [-0.3, -0.25) is 4.79 Å². The summed E-state index contributed by atoms with van der Waals surface area (Å²) < 4.78 is 0. The van der Waals surface area contributed by atoms with Crippen LogP contribution < -0.4 is 11.1 Å². The summed E-state index contributed by atoms with van der Waals surface area (Å²) in [6.45, 7) is 0. The van der Waals surface area contributed by atoms with Crippen LogP contribution in [0.1, 0.15) is 0 Å². The number of aromatic nitrogens is 1. The van der Waals surface area contributed by atoms with Gasteiger partial charge in [-0.15, -0.1) is 11.8 Å². The fourth-order valence-corrected chi connectivity index (χ4v) is 2.42. The van der Waals surface area contributed by atoms with Crippen LogP contribution in [-0.4, -0.2) is 16.6 Å². The van der Waals surface area contributed by atoms with Crippen LogP contribution >= 0.6 is 35.0 Å². The van der Waals surface area contributed by atoms with E-state index in [4.69, 9.17) is 28.9 Å². The number of carbonyl (C=O) groups is 1. The molecule has 1 aromatic carbocycles. The number of anilines is 2.